The third-order valence-electron chi connectivity index (χ3n) is 4.15. The van der Waals surface area contributed by atoms with E-state index >= 15 is 0 Å². The van der Waals surface area contributed by atoms with E-state index in [1.54, 1.807) is 48.5 Å². The molecule has 1 amide bonds. The molecule has 27 heavy (non-hydrogen) atoms. The van der Waals surface area contributed by atoms with Gasteiger partial charge in [-0.2, -0.15) is 4.31 Å². The summed E-state index contributed by atoms with van der Waals surface area (Å²) in [7, 11) is -4.06. The molecule has 0 aliphatic carbocycles. The predicted octanol–water partition coefficient (Wildman–Crippen LogP) is 4.89. The average Bonchev–Trinajstić information content (AvgIpc) is 2.69. The Morgan fingerprint density at radius 2 is 1.48 bits per heavy atom. The maximum absolute atomic E-state index is 13.3. The van der Waals surface area contributed by atoms with Gasteiger partial charge in [0.1, 0.15) is 0 Å². The molecule has 3 aromatic carbocycles. The van der Waals surface area contributed by atoms with Gasteiger partial charge in [0.15, 0.2) is 0 Å². The molecule has 0 aliphatic heterocycles. The van der Waals surface area contributed by atoms with Gasteiger partial charge in [-0.05, 0) is 71.0 Å². The van der Waals surface area contributed by atoms with Gasteiger partial charge in [-0.25, -0.2) is 8.42 Å². The van der Waals surface area contributed by atoms with Crippen molar-refractivity contribution in [2.24, 2.45) is 0 Å². The van der Waals surface area contributed by atoms with Crippen LogP contribution in [0.4, 0.5) is 5.69 Å². The Labute approximate surface area is 173 Å². The molecular weight excluding hydrogens is 473 g/mol. The van der Waals surface area contributed by atoms with Gasteiger partial charge >= 0.3 is 0 Å². The number of aryl methyl sites for hydroxylation is 1. The Morgan fingerprint density at radius 1 is 0.889 bits per heavy atom. The number of carbonyl (C=O) groups excluding carboxylic acids is 1. The molecule has 0 unspecified atom stereocenters. The van der Waals surface area contributed by atoms with Crippen molar-refractivity contribution in [3.05, 3.63) is 93.6 Å². The summed E-state index contributed by atoms with van der Waals surface area (Å²) in [5, 5.41) is 0. The van der Waals surface area contributed by atoms with E-state index in [1.165, 1.54) is 12.1 Å². The lowest BCUT2D eigenvalue weighted by Crippen LogP contribution is -2.37. The molecule has 0 fully saturated rings. The monoisotopic (exact) mass is 491 g/mol. The van der Waals surface area contributed by atoms with E-state index in [0.29, 0.717) is 14.8 Å². The summed E-state index contributed by atoms with van der Waals surface area (Å²) in [6.45, 7) is 2.02. The minimum atomic E-state index is -4.06. The van der Waals surface area contributed by atoms with Gasteiger partial charge < -0.3 is 0 Å². The van der Waals surface area contributed by atoms with Crippen molar-refractivity contribution >= 4 is 44.2 Å². The summed E-state index contributed by atoms with van der Waals surface area (Å²) in [5.74, 6) is -0.576. The second kappa shape index (κ2) is 8.22. The van der Waals surface area contributed by atoms with Crippen molar-refractivity contribution in [3.63, 3.8) is 0 Å². The molecule has 0 bridgehead atoms. The molecule has 138 valence electrons. The maximum atomic E-state index is 13.3. The molecule has 0 aliphatic rings. The van der Waals surface area contributed by atoms with Gasteiger partial charge in [0.2, 0.25) is 0 Å². The van der Waals surface area contributed by atoms with Crippen LogP contribution in [-0.4, -0.2) is 14.3 Å². The highest BCUT2D eigenvalue weighted by atomic mass is 127. The molecule has 0 heterocycles. The van der Waals surface area contributed by atoms with Crippen molar-refractivity contribution in [1.82, 2.24) is 0 Å². The molecule has 6 heteroatoms. The van der Waals surface area contributed by atoms with Crippen molar-refractivity contribution in [2.75, 3.05) is 4.31 Å². The second-order valence-electron chi connectivity index (χ2n) is 5.89. The van der Waals surface area contributed by atoms with Gasteiger partial charge in [-0.1, -0.05) is 49.4 Å². The van der Waals surface area contributed by atoms with Crippen LogP contribution in [0, 0.1) is 3.57 Å². The van der Waals surface area contributed by atoms with Crippen LogP contribution in [0.2, 0.25) is 0 Å². The molecule has 0 saturated carbocycles. The number of hydrogen-bond donors (Lipinski definition) is 0. The predicted molar refractivity (Wildman–Crippen MR) is 115 cm³/mol. The number of nitrogens with zero attached hydrogens (tertiary/aromatic N) is 1. The molecule has 0 aromatic heterocycles. The average molecular weight is 491 g/mol. The Bertz CT molecular complexity index is 1050. The standard InChI is InChI=1S/C21H18INO3S/c1-2-16-12-14-17(15-13-16)23(21(24)19-10-6-7-11-20(19)22)27(25,26)18-8-4-3-5-9-18/h3-15H,2H2,1H3. The lowest BCUT2D eigenvalue weighted by Gasteiger charge is -2.23. The minimum Gasteiger partial charge on any atom is -0.268 e. The first-order valence-corrected chi connectivity index (χ1v) is 10.9. The molecule has 4 nitrogen and oxygen atoms in total. The smallest absolute Gasteiger partial charge is 0.268 e. The Morgan fingerprint density at radius 3 is 2.07 bits per heavy atom. The lowest BCUT2D eigenvalue weighted by atomic mass is 10.1. The Hall–Kier alpha value is -2.19. The van der Waals surface area contributed by atoms with Crippen LogP contribution < -0.4 is 4.31 Å². The zero-order valence-electron chi connectivity index (χ0n) is 14.7. The summed E-state index contributed by atoms with van der Waals surface area (Å²) in [6, 6.07) is 22.0. The summed E-state index contributed by atoms with van der Waals surface area (Å²) >= 11 is 2.04. The van der Waals surface area contributed by atoms with Crippen LogP contribution >= 0.6 is 22.6 Å². The van der Waals surface area contributed by atoms with Gasteiger partial charge in [0.25, 0.3) is 15.9 Å². The van der Waals surface area contributed by atoms with Crippen LogP contribution in [0.5, 0.6) is 0 Å². The topological polar surface area (TPSA) is 54.5 Å². The van der Waals surface area contributed by atoms with E-state index in [1.807, 2.05) is 47.7 Å². The number of carbonyl (C=O) groups is 1. The van der Waals surface area contributed by atoms with E-state index in [2.05, 4.69) is 0 Å². The number of halogens is 1. The molecule has 0 saturated heterocycles. The van der Waals surface area contributed by atoms with Crippen LogP contribution in [-0.2, 0) is 16.4 Å². The second-order valence-corrected chi connectivity index (χ2v) is 8.84. The van der Waals surface area contributed by atoms with Gasteiger partial charge in [-0.3, -0.25) is 4.79 Å². The highest BCUT2D eigenvalue weighted by Crippen LogP contribution is 2.27. The van der Waals surface area contributed by atoms with E-state index in [0.717, 1.165) is 16.3 Å². The molecule has 3 rings (SSSR count). The quantitative estimate of drug-likeness (QED) is 0.478. The number of hydrogen-bond acceptors (Lipinski definition) is 3. The third-order valence-corrected chi connectivity index (χ3v) is 6.82. The van der Waals surface area contributed by atoms with E-state index in [9.17, 15) is 13.2 Å². The fourth-order valence-corrected chi connectivity index (χ4v) is 4.72. The van der Waals surface area contributed by atoms with Crippen LogP contribution in [0.15, 0.2) is 83.8 Å². The first-order chi connectivity index (χ1) is 12.9. The van der Waals surface area contributed by atoms with Gasteiger partial charge in [-0.15, -0.1) is 0 Å². The first-order valence-electron chi connectivity index (χ1n) is 8.43. The summed E-state index contributed by atoms with van der Waals surface area (Å²) < 4.78 is 28.2. The highest BCUT2D eigenvalue weighted by Gasteiger charge is 2.32. The normalized spacial score (nSPS) is 11.2. The summed E-state index contributed by atoms with van der Waals surface area (Å²) in [5.41, 5.74) is 1.73. The van der Waals surface area contributed by atoms with Crippen LogP contribution in [0.25, 0.3) is 0 Å². The third kappa shape index (κ3) is 4.06. The Kier molecular flexibility index (Phi) is 5.96. The fraction of sp³-hybridized carbons (Fsp3) is 0.0952. The van der Waals surface area contributed by atoms with E-state index < -0.39 is 15.9 Å². The Balaban J connectivity index is 2.17. The van der Waals surface area contributed by atoms with Crippen molar-refractivity contribution in [2.45, 2.75) is 18.2 Å². The van der Waals surface area contributed by atoms with Gasteiger partial charge in [0.05, 0.1) is 16.1 Å². The fourth-order valence-electron chi connectivity index (χ4n) is 2.67. The van der Waals surface area contributed by atoms with Crippen molar-refractivity contribution in [1.29, 1.82) is 0 Å². The zero-order valence-corrected chi connectivity index (χ0v) is 17.6. The molecule has 0 radical (unpaired) electrons. The molecule has 3 aromatic rings. The molecule has 0 spiro atoms. The van der Waals surface area contributed by atoms with Crippen LogP contribution in [0.3, 0.4) is 0 Å². The van der Waals surface area contributed by atoms with Crippen LogP contribution in [0.1, 0.15) is 22.8 Å². The number of sulfonamides is 1. The zero-order chi connectivity index (χ0) is 19.4. The summed E-state index contributed by atoms with van der Waals surface area (Å²) in [4.78, 5) is 13.4. The van der Waals surface area contributed by atoms with Crippen molar-refractivity contribution < 1.29 is 13.2 Å². The largest absolute Gasteiger partial charge is 0.273 e. The number of rotatable bonds is 5. The molecular formula is C21H18INO3S. The number of amides is 1. The van der Waals surface area contributed by atoms with Crippen molar-refractivity contribution in [3.8, 4) is 0 Å². The molecule has 0 N–H and O–H groups in total. The maximum Gasteiger partial charge on any atom is 0.273 e. The van der Waals surface area contributed by atoms with Gasteiger partial charge in [0, 0.05) is 3.57 Å². The molecule has 0 atom stereocenters. The highest BCUT2D eigenvalue weighted by molar-refractivity contribution is 14.1. The minimum absolute atomic E-state index is 0.0730. The SMILES string of the molecule is CCc1ccc(N(C(=O)c2ccccc2I)S(=O)(=O)c2ccccc2)cc1. The number of benzene rings is 3. The first kappa shape index (κ1) is 19.6. The number of anilines is 1. The summed E-state index contributed by atoms with van der Waals surface area (Å²) in [6.07, 6.45) is 0.830. The van der Waals surface area contributed by atoms with E-state index in [-0.39, 0.29) is 4.90 Å². The lowest BCUT2D eigenvalue weighted by molar-refractivity contribution is 0.100. The van der Waals surface area contributed by atoms with E-state index in [4.69, 9.17) is 0 Å².